The summed E-state index contributed by atoms with van der Waals surface area (Å²) in [6.45, 7) is 0.980. The molecule has 0 N–H and O–H groups in total. The fraction of sp³-hybridized carbons (Fsp3) is 0.364. The van der Waals surface area contributed by atoms with Crippen LogP contribution in [0, 0.1) is 6.42 Å². The standard InChI is InChI=1S/C11H12Cl2NO2S/c12-9-5-4-6-10(13)11(9)17(15,16)14-7-2-1-3-8-14/h1,4-6H,2-3,7-8H2. The van der Waals surface area contributed by atoms with Crippen molar-refractivity contribution in [2.24, 2.45) is 0 Å². The maximum atomic E-state index is 12.4. The van der Waals surface area contributed by atoms with E-state index >= 15 is 0 Å². The molecule has 0 saturated carbocycles. The van der Waals surface area contributed by atoms with Gasteiger partial charge in [0.1, 0.15) is 4.90 Å². The Balaban J connectivity index is 2.44. The molecule has 2 rings (SSSR count). The molecular formula is C11H12Cl2NO2S. The molecule has 17 heavy (non-hydrogen) atoms. The zero-order valence-corrected chi connectivity index (χ0v) is 11.4. The quantitative estimate of drug-likeness (QED) is 0.840. The molecule has 1 aliphatic rings. The van der Waals surface area contributed by atoms with E-state index in [4.69, 9.17) is 23.2 Å². The molecule has 1 heterocycles. The fourth-order valence-electron chi connectivity index (χ4n) is 1.83. The monoisotopic (exact) mass is 292 g/mol. The van der Waals surface area contributed by atoms with Gasteiger partial charge in [0.15, 0.2) is 0 Å². The number of benzene rings is 1. The van der Waals surface area contributed by atoms with Crippen LogP contribution in [0.25, 0.3) is 0 Å². The summed E-state index contributed by atoms with van der Waals surface area (Å²) in [7, 11) is -3.57. The Morgan fingerprint density at radius 2 is 1.59 bits per heavy atom. The van der Waals surface area contributed by atoms with E-state index in [-0.39, 0.29) is 14.9 Å². The minimum absolute atomic E-state index is 0.0187. The number of hydrogen-bond acceptors (Lipinski definition) is 2. The Labute approximate surface area is 111 Å². The van der Waals surface area contributed by atoms with Gasteiger partial charge in [0.25, 0.3) is 0 Å². The number of sulfonamides is 1. The van der Waals surface area contributed by atoms with Gasteiger partial charge in [0, 0.05) is 13.1 Å². The molecule has 3 nitrogen and oxygen atoms in total. The van der Waals surface area contributed by atoms with E-state index in [0.717, 1.165) is 12.8 Å². The van der Waals surface area contributed by atoms with Crippen molar-refractivity contribution in [1.82, 2.24) is 4.31 Å². The van der Waals surface area contributed by atoms with E-state index in [0.29, 0.717) is 13.1 Å². The average molecular weight is 293 g/mol. The zero-order valence-electron chi connectivity index (χ0n) is 9.07. The zero-order chi connectivity index (χ0) is 12.5. The topological polar surface area (TPSA) is 37.4 Å². The second kappa shape index (κ2) is 5.14. The predicted molar refractivity (Wildman–Crippen MR) is 68.8 cm³/mol. The van der Waals surface area contributed by atoms with Crippen molar-refractivity contribution >= 4 is 33.2 Å². The van der Waals surface area contributed by atoms with Gasteiger partial charge in [-0.1, -0.05) is 29.3 Å². The highest BCUT2D eigenvalue weighted by Gasteiger charge is 2.29. The van der Waals surface area contributed by atoms with Gasteiger partial charge in [0.2, 0.25) is 10.0 Å². The van der Waals surface area contributed by atoms with Gasteiger partial charge in [-0.2, -0.15) is 4.31 Å². The number of halogens is 2. The van der Waals surface area contributed by atoms with E-state index in [1.807, 2.05) is 0 Å². The van der Waals surface area contributed by atoms with Crippen LogP contribution in [0.1, 0.15) is 12.8 Å². The second-order valence-corrected chi connectivity index (χ2v) is 6.51. The highest BCUT2D eigenvalue weighted by atomic mass is 35.5. The first-order chi connectivity index (χ1) is 8.03. The van der Waals surface area contributed by atoms with Crippen molar-refractivity contribution in [2.75, 3.05) is 13.1 Å². The molecule has 1 fully saturated rings. The highest BCUT2D eigenvalue weighted by Crippen LogP contribution is 2.32. The SMILES string of the molecule is O=S(=O)(c1c(Cl)cccc1Cl)N1CC[CH]CC1. The van der Waals surface area contributed by atoms with Gasteiger partial charge in [-0.05, 0) is 31.4 Å². The maximum Gasteiger partial charge on any atom is 0.246 e. The molecular weight excluding hydrogens is 281 g/mol. The highest BCUT2D eigenvalue weighted by molar-refractivity contribution is 7.89. The summed E-state index contributed by atoms with van der Waals surface area (Å²) in [4.78, 5) is 0.0187. The summed E-state index contributed by atoms with van der Waals surface area (Å²) in [6, 6.07) is 4.71. The van der Waals surface area contributed by atoms with Crippen LogP contribution in [0.4, 0.5) is 0 Å². The number of piperidine rings is 1. The molecule has 93 valence electrons. The summed E-state index contributed by atoms with van der Waals surface area (Å²) in [5.74, 6) is 0. The summed E-state index contributed by atoms with van der Waals surface area (Å²) >= 11 is 11.9. The molecule has 1 saturated heterocycles. The van der Waals surface area contributed by atoms with Crippen LogP contribution in [0.2, 0.25) is 10.0 Å². The first kappa shape index (κ1) is 13.1. The molecule has 0 bridgehead atoms. The van der Waals surface area contributed by atoms with Crippen molar-refractivity contribution in [3.8, 4) is 0 Å². The molecule has 1 aromatic carbocycles. The van der Waals surface area contributed by atoms with Crippen molar-refractivity contribution in [3.63, 3.8) is 0 Å². The predicted octanol–water partition coefficient (Wildman–Crippen LogP) is 2.98. The average Bonchev–Trinajstić information content (AvgIpc) is 2.29. The molecule has 0 atom stereocenters. The number of rotatable bonds is 2. The van der Waals surface area contributed by atoms with Crippen molar-refractivity contribution in [2.45, 2.75) is 17.7 Å². The van der Waals surface area contributed by atoms with E-state index in [2.05, 4.69) is 6.42 Å². The molecule has 6 heteroatoms. The van der Waals surface area contributed by atoms with Gasteiger partial charge in [-0.15, -0.1) is 0 Å². The van der Waals surface area contributed by atoms with Gasteiger partial charge in [-0.3, -0.25) is 0 Å². The van der Waals surface area contributed by atoms with Gasteiger partial charge in [0.05, 0.1) is 10.0 Å². The first-order valence-corrected chi connectivity index (χ1v) is 7.49. The Bertz CT molecular complexity index is 490. The summed E-state index contributed by atoms with van der Waals surface area (Å²) in [5, 5.41) is 0.346. The summed E-state index contributed by atoms with van der Waals surface area (Å²) < 4.78 is 26.2. The molecule has 0 spiro atoms. The number of hydrogen-bond donors (Lipinski definition) is 0. The van der Waals surface area contributed by atoms with Crippen molar-refractivity contribution < 1.29 is 8.42 Å². The summed E-state index contributed by atoms with van der Waals surface area (Å²) in [5.41, 5.74) is 0. The molecule has 0 aromatic heterocycles. The lowest BCUT2D eigenvalue weighted by atomic mass is 10.2. The Kier molecular flexibility index (Phi) is 3.98. The summed E-state index contributed by atoms with van der Waals surface area (Å²) in [6.07, 6.45) is 3.61. The van der Waals surface area contributed by atoms with E-state index in [9.17, 15) is 8.42 Å². The van der Waals surface area contributed by atoms with E-state index in [1.54, 1.807) is 6.07 Å². The molecule has 1 radical (unpaired) electrons. The van der Waals surface area contributed by atoms with Gasteiger partial charge < -0.3 is 0 Å². The minimum atomic E-state index is -3.57. The van der Waals surface area contributed by atoms with Crippen LogP contribution in [0.15, 0.2) is 23.1 Å². The smallest absolute Gasteiger partial charge is 0.207 e. The molecule has 0 amide bonds. The van der Waals surface area contributed by atoms with Crippen molar-refractivity contribution in [1.29, 1.82) is 0 Å². The second-order valence-electron chi connectivity index (χ2n) is 3.82. The molecule has 1 aromatic rings. The van der Waals surface area contributed by atoms with Crippen LogP contribution in [-0.4, -0.2) is 25.8 Å². The van der Waals surface area contributed by atoms with Crippen molar-refractivity contribution in [3.05, 3.63) is 34.7 Å². The van der Waals surface area contributed by atoms with Gasteiger partial charge in [-0.25, -0.2) is 8.42 Å². The van der Waals surface area contributed by atoms with E-state index < -0.39 is 10.0 Å². The lowest BCUT2D eigenvalue weighted by molar-refractivity contribution is 0.384. The number of nitrogens with zero attached hydrogens (tertiary/aromatic N) is 1. The van der Waals surface area contributed by atoms with Crippen LogP contribution in [0.3, 0.4) is 0 Å². The third kappa shape index (κ3) is 2.60. The Morgan fingerprint density at radius 1 is 1.06 bits per heavy atom. The Morgan fingerprint density at radius 3 is 2.12 bits per heavy atom. The molecule has 0 aliphatic carbocycles. The normalized spacial score (nSPS) is 18.2. The van der Waals surface area contributed by atoms with Crippen LogP contribution < -0.4 is 0 Å². The molecule has 1 aliphatic heterocycles. The Hall–Kier alpha value is -0.290. The van der Waals surface area contributed by atoms with E-state index in [1.165, 1.54) is 16.4 Å². The third-order valence-corrected chi connectivity index (χ3v) is 5.54. The lowest BCUT2D eigenvalue weighted by Gasteiger charge is -2.26. The maximum absolute atomic E-state index is 12.4. The minimum Gasteiger partial charge on any atom is -0.207 e. The molecule has 0 unspecified atom stereocenters. The van der Waals surface area contributed by atoms with Crippen LogP contribution >= 0.6 is 23.2 Å². The lowest BCUT2D eigenvalue weighted by Crippen LogP contribution is -2.36. The van der Waals surface area contributed by atoms with Crippen LogP contribution in [-0.2, 0) is 10.0 Å². The first-order valence-electron chi connectivity index (χ1n) is 5.29. The van der Waals surface area contributed by atoms with Crippen LogP contribution in [0.5, 0.6) is 0 Å². The van der Waals surface area contributed by atoms with Gasteiger partial charge >= 0.3 is 0 Å². The largest absolute Gasteiger partial charge is 0.246 e. The fourth-order valence-corrected chi connectivity index (χ4v) is 4.39. The third-order valence-electron chi connectivity index (χ3n) is 2.68.